The Bertz CT molecular complexity index is 451. The summed E-state index contributed by atoms with van der Waals surface area (Å²) in [7, 11) is 0. The summed E-state index contributed by atoms with van der Waals surface area (Å²) in [6, 6.07) is 6.59. The van der Waals surface area contributed by atoms with Crippen LogP contribution in [0.1, 0.15) is 53.4 Å². The zero-order chi connectivity index (χ0) is 15.4. The van der Waals surface area contributed by atoms with Gasteiger partial charge in [-0.05, 0) is 69.6 Å². The molecule has 0 unspecified atom stereocenters. The smallest absolute Gasteiger partial charge is 0.138 e. The summed E-state index contributed by atoms with van der Waals surface area (Å²) in [6.07, 6.45) is 5.32. The van der Waals surface area contributed by atoms with Gasteiger partial charge in [-0.3, -0.25) is 0 Å². The molecular weight excluding hydrogens is 282 g/mol. The lowest BCUT2D eigenvalue weighted by Gasteiger charge is -2.32. The molecule has 0 aliphatic heterocycles. The molecule has 2 nitrogen and oxygen atoms in total. The van der Waals surface area contributed by atoms with Crippen molar-refractivity contribution in [1.82, 2.24) is 0 Å². The van der Waals surface area contributed by atoms with E-state index in [0.717, 1.165) is 23.3 Å². The largest absolute Gasteiger partial charge is 0.489 e. The highest BCUT2D eigenvalue weighted by Gasteiger charge is 2.23. The molecule has 1 aliphatic rings. The van der Waals surface area contributed by atoms with Crippen LogP contribution in [0.5, 0.6) is 5.75 Å². The summed E-state index contributed by atoms with van der Waals surface area (Å²) in [4.78, 5) is 0. The van der Waals surface area contributed by atoms with E-state index in [1.54, 1.807) is 0 Å². The molecule has 1 saturated carbocycles. The van der Waals surface area contributed by atoms with Gasteiger partial charge in [-0.2, -0.15) is 0 Å². The minimum absolute atomic E-state index is 0.146. The Morgan fingerprint density at radius 2 is 1.76 bits per heavy atom. The van der Waals surface area contributed by atoms with Gasteiger partial charge in [-0.15, -0.1) is 0 Å². The Kier molecular flexibility index (Phi) is 5.80. The number of benzene rings is 1. The Morgan fingerprint density at radius 3 is 2.29 bits per heavy atom. The van der Waals surface area contributed by atoms with E-state index in [-0.39, 0.29) is 6.10 Å². The fourth-order valence-corrected chi connectivity index (χ4v) is 3.33. The standard InChI is InChI=1S/C18H28ClNO/c1-12(2)14-5-7-15(8-6-14)20-16-9-10-18(17(19)11-16)21-13(3)4/h9-15,20H,5-8H2,1-4H3. The third-order valence-electron chi connectivity index (χ3n) is 4.38. The molecule has 1 aliphatic carbocycles. The van der Waals surface area contributed by atoms with E-state index < -0.39 is 0 Å². The van der Waals surface area contributed by atoms with Gasteiger partial charge in [-0.25, -0.2) is 0 Å². The van der Waals surface area contributed by atoms with Gasteiger partial charge in [-0.1, -0.05) is 25.4 Å². The van der Waals surface area contributed by atoms with Crippen molar-refractivity contribution in [3.63, 3.8) is 0 Å². The fourth-order valence-electron chi connectivity index (χ4n) is 3.11. The third kappa shape index (κ3) is 4.81. The molecule has 0 amide bonds. The minimum Gasteiger partial charge on any atom is -0.489 e. The van der Waals surface area contributed by atoms with Crippen LogP contribution in [0.2, 0.25) is 5.02 Å². The molecule has 0 spiro atoms. The first-order chi connectivity index (χ1) is 9.95. The number of hydrogen-bond donors (Lipinski definition) is 1. The topological polar surface area (TPSA) is 21.3 Å². The summed E-state index contributed by atoms with van der Waals surface area (Å²) < 4.78 is 5.67. The molecule has 3 heteroatoms. The van der Waals surface area contributed by atoms with E-state index in [9.17, 15) is 0 Å². The van der Waals surface area contributed by atoms with Crippen LogP contribution in [-0.2, 0) is 0 Å². The quantitative estimate of drug-likeness (QED) is 0.747. The van der Waals surface area contributed by atoms with Crippen molar-refractivity contribution in [2.24, 2.45) is 11.8 Å². The number of nitrogens with one attached hydrogen (secondary N) is 1. The second-order valence-corrected chi connectivity index (χ2v) is 7.22. The first-order valence-corrected chi connectivity index (χ1v) is 8.56. The molecule has 0 bridgehead atoms. The van der Waals surface area contributed by atoms with E-state index in [0.29, 0.717) is 11.1 Å². The predicted molar refractivity (Wildman–Crippen MR) is 91.4 cm³/mol. The van der Waals surface area contributed by atoms with E-state index >= 15 is 0 Å². The van der Waals surface area contributed by atoms with E-state index in [4.69, 9.17) is 16.3 Å². The lowest BCUT2D eigenvalue weighted by molar-refractivity contribution is 0.242. The van der Waals surface area contributed by atoms with Crippen molar-refractivity contribution >= 4 is 17.3 Å². The summed E-state index contributed by atoms with van der Waals surface area (Å²) in [6.45, 7) is 8.70. The van der Waals surface area contributed by atoms with Crippen LogP contribution in [0.15, 0.2) is 18.2 Å². The highest BCUT2D eigenvalue weighted by atomic mass is 35.5. The van der Waals surface area contributed by atoms with Crippen LogP contribution >= 0.6 is 11.6 Å². The van der Waals surface area contributed by atoms with Gasteiger partial charge in [0.25, 0.3) is 0 Å². The second kappa shape index (κ2) is 7.40. The molecule has 1 fully saturated rings. The van der Waals surface area contributed by atoms with Gasteiger partial charge in [0.05, 0.1) is 11.1 Å². The number of rotatable bonds is 5. The van der Waals surface area contributed by atoms with Gasteiger partial charge >= 0.3 is 0 Å². The highest BCUT2D eigenvalue weighted by molar-refractivity contribution is 6.32. The minimum atomic E-state index is 0.146. The Hall–Kier alpha value is -0.890. The summed E-state index contributed by atoms with van der Waals surface area (Å²) in [5, 5.41) is 4.31. The van der Waals surface area contributed by atoms with E-state index in [1.807, 2.05) is 26.0 Å². The highest BCUT2D eigenvalue weighted by Crippen LogP contribution is 2.33. The zero-order valence-electron chi connectivity index (χ0n) is 13.7. The first-order valence-electron chi connectivity index (χ1n) is 8.18. The lowest BCUT2D eigenvalue weighted by atomic mass is 9.79. The maximum Gasteiger partial charge on any atom is 0.138 e. The molecule has 0 saturated heterocycles. The van der Waals surface area contributed by atoms with Gasteiger partial charge < -0.3 is 10.1 Å². The molecule has 0 radical (unpaired) electrons. The van der Waals surface area contributed by atoms with Crippen molar-refractivity contribution in [1.29, 1.82) is 0 Å². The molecular formula is C18H28ClNO. The predicted octanol–water partition coefficient (Wildman–Crippen LogP) is 5.75. The molecule has 118 valence electrons. The van der Waals surface area contributed by atoms with Gasteiger partial charge in [0.2, 0.25) is 0 Å². The third-order valence-corrected chi connectivity index (χ3v) is 4.68. The van der Waals surface area contributed by atoms with E-state index in [1.165, 1.54) is 25.7 Å². The van der Waals surface area contributed by atoms with E-state index in [2.05, 4.69) is 25.2 Å². The number of anilines is 1. The number of ether oxygens (including phenoxy) is 1. The molecule has 21 heavy (non-hydrogen) atoms. The van der Waals surface area contributed by atoms with Gasteiger partial charge in [0, 0.05) is 11.7 Å². The maximum atomic E-state index is 6.29. The Labute approximate surface area is 134 Å². The molecule has 0 heterocycles. The van der Waals surface area contributed by atoms with Crippen LogP contribution in [0.3, 0.4) is 0 Å². The van der Waals surface area contributed by atoms with Crippen LogP contribution in [-0.4, -0.2) is 12.1 Å². The van der Waals surface area contributed by atoms with Crippen molar-refractivity contribution < 1.29 is 4.74 Å². The average molecular weight is 310 g/mol. The average Bonchev–Trinajstić information content (AvgIpc) is 2.42. The van der Waals surface area contributed by atoms with Crippen LogP contribution in [0, 0.1) is 11.8 Å². The monoisotopic (exact) mass is 309 g/mol. The Balaban J connectivity index is 1.91. The molecule has 1 N–H and O–H groups in total. The van der Waals surface area contributed by atoms with Gasteiger partial charge in [0.15, 0.2) is 0 Å². The van der Waals surface area contributed by atoms with Crippen LogP contribution < -0.4 is 10.1 Å². The molecule has 2 rings (SSSR count). The van der Waals surface area contributed by atoms with Crippen molar-refractivity contribution in [2.75, 3.05) is 5.32 Å². The van der Waals surface area contributed by atoms with Crippen molar-refractivity contribution in [2.45, 2.75) is 65.5 Å². The molecule has 1 aromatic carbocycles. The van der Waals surface area contributed by atoms with Crippen LogP contribution in [0.4, 0.5) is 5.69 Å². The maximum absolute atomic E-state index is 6.29. The Morgan fingerprint density at radius 1 is 1.10 bits per heavy atom. The number of halogens is 1. The number of hydrogen-bond acceptors (Lipinski definition) is 2. The summed E-state index contributed by atoms with van der Waals surface area (Å²) in [5.74, 6) is 2.47. The lowest BCUT2D eigenvalue weighted by Crippen LogP contribution is -2.27. The zero-order valence-corrected chi connectivity index (χ0v) is 14.4. The SMILES string of the molecule is CC(C)Oc1ccc(NC2CCC(C(C)C)CC2)cc1Cl. The molecule has 1 aromatic rings. The summed E-state index contributed by atoms with van der Waals surface area (Å²) >= 11 is 6.29. The molecule has 0 atom stereocenters. The second-order valence-electron chi connectivity index (χ2n) is 6.81. The van der Waals surface area contributed by atoms with Crippen LogP contribution in [0.25, 0.3) is 0 Å². The fraction of sp³-hybridized carbons (Fsp3) is 0.667. The normalized spacial score (nSPS) is 22.6. The van der Waals surface area contributed by atoms with Crippen molar-refractivity contribution in [3.05, 3.63) is 23.2 Å². The van der Waals surface area contributed by atoms with Gasteiger partial charge in [0.1, 0.15) is 5.75 Å². The summed E-state index contributed by atoms with van der Waals surface area (Å²) in [5.41, 5.74) is 1.10. The first kappa shape index (κ1) is 16.5. The van der Waals surface area contributed by atoms with Crippen molar-refractivity contribution in [3.8, 4) is 5.75 Å². The molecule has 0 aromatic heterocycles.